The normalized spacial score (nSPS) is 47.9. The standard InChI is InChI=1S/C21H28O2/c1-4-16-19(23)12-18-15-6-5-13-11-14(22)7-9-20(13,2)17(15)8-10-21(16,18)3/h4,11,15,17-18H,5-10,12H2,1-3H3/b16-4+/t15-,17+,18-,20-,21+/m1/s1. The van der Waals surface area contributed by atoms with Crippen LogP contribution in [0, 0.1) is 28.6 Å². The molecule has 4 rings (SSSR count). The van der Waals surface area contributed by atoms with Gasteiger partial charge in [-0.1, -0.05) is 25.5 Å². The van der Waals surface area contributed by atoms with Crippen LogP contribution in [0.4, 0.5) is 0 Å². The summed E-state index contributed by atoms with van der Waals surface area (Å²) in [5.41, 5.74) is 2.83. The first-order valence-electron chi connectivity index (χ1n) is 9.34. The highest BCUT2D eigenvalue weighted by molar-refractivity contribution is 5.99. The minimum Gasteiger partial charge on any atom is -0.295 e. The second-order valence-electron chi connectivity index (χ2n) is 8.75. The fourth-order valence-corrected chi connectivity index (χ4v) is 6.71. The molecule has 124 valence electrons. The Hall–Kier alpha value is -1.18. The van der Waals surface area contributed by atoms with Gasteiger partial charge in [-0.15, -0.1) is 0 Å². The first-order chi connectivity index (χ1) is 10.9. The Balaban J connectivity index is 1.72. The SMILES string of the molecule is C/C=C1\C(=O)C[C@@H]2[C@@H]3CCC4=CC(=O)CC[C@@]4(C)[C@H]3CC[C@@]12C. The van der Waals surface area contributed by atoms with Gasteiger partial charge in [-0.25, -0.2) is 0 Å². The maximum atomic E-state index is 12.5. The molecule has 0 aromatic rings. The number of fused-ring (bicyclic) bond motifs is 5. The van der Waals surface area contributed by atoms with Gasteiger partial charge < -0.3 is 0 Å². The van der Waals surface area contributed by atoms with Gasteiger partial charge in [0.25, 0.3) is 0 Å². The Bertz CT molecular complexity index is 640. The third-order valence-corrected chi connectivity index (χ3v) is 7.96. The number of hydrogen-bond donors (Lipinski definition) is 0. The Morgan fingerprint density at radius 3 is 2.57 bits per heavy atom. The van der Waals surface area contributed by atoms with Crippen LogP contribution in [-0.4, -0.2) is 11.6 Å². The third kappa shape index (κ3) is 1.93. The molecule has 0 N–H and O–H groups in total. The van der Waals surface area contributed by atoms with Gasteiger partial charge in [0.05, 0.1) is 0 Å². The van der Waals surface area contributed by atoms with Gasteiger partial charge >= 0.3 is 0 Å². The van der Waals surface area contributed by atoms with Crippen LogP contribution < -0.4 is 0 Å². The summed E-state index contributed by atoms with van der Waals surface area (Å²) in [7, 11) is 0. The maximum absolute atomic E-state index is 12.5. The van der Waals surface area contributed by atoms with Gasteiger partial charge in [0.1, 0.15) is 0 Å². The van der Waals surface area contributed by atoms with Crippen LogP contribution in [0.25, 0.3) is 0 Å². The van der Waals surface area contributed by atoms with E-state index in [1.54, 1.807) is 0 Å². The summed E-state index contributed by atoms with van der Waals surface area (Å²) in [4.78, 5) is 24.4. The van der Waals surface area contributed by atoms with Gasteiger partial charge in [-0.2, -0.15) is 0 Å². The molecule has 3 fully saturated rings. The monoisotopic (exact) mass is 312 g/mol. The van der Waals surface area contributed by atoms with E-state index >= 15 is 0 Å². The highest BCUT2D eigenvalue weighted by Crippen LogP contribution is 2.65. The van der Waals surface area contributed by atoms with Crippen molar-refractivity contribution in [1.29, 1.82) is 0 Å². The molecule has 0 saturated heterocycles. The van der Waals surface area contributed by atoms with Crippen molar-refractivity contribution in [3.05, 3.63) is 23.3 Å². The summed E-state index contributed by atoms with van der Waals surface area (Å²) in [5, 5.41) is 0. The molecule has 0 aliphatic heterocycles. The molecule has 3 saturated carbocycles. The van der Waals surface area contributed by atoms with Gasteiger partial charge in [-0.05, 0) is 79.3 Å². The smallest absolute Gasteiger partial charge is 0.159 e. The van der Waals surface area contributed by atoms with E-state index in [1.807, 2.05) is 13.0 Å². The molecule has 0 amide bonds. The van der Waals surface area contributed by atoms with E-state index < -0.39 is 0 Å². The number of hydrogen-bond acceptors (Lipinski definition) is 2. The number of carbonyl (C=O) groups is 2. The van der Waals surface area contributed by atoms with Crippen molar-refractivity contribution in [2.45, 2.75) is 65.7 Å². The third-order valence-electron chi connectivity index (χ3n) is 7.96. The van der Waals surface area contributed by atoms with Crippen LogP contribution in [0.3, 0.4) is 0 Å². The molecule has 0 bridgehead atoms. The van der Waals surface area contributed by atoms with E-state index in [0.29, 0.717) is 35.7 Å². The molecule has 0 heterocycles. The van der Waals surface area contributed by atoms with E-state index in [9.17, 15) is 9.59 Å². The predicted octanol–water partition coefficient (Wildman–Crippen LogP) is 4.64. The lowest BCUT2D eigenvalue weighted by atomic mass is 9.47. The molecule has 4 aliphatic carbocycles. The molecule has 2 nitrogen and oxygen atoms in total. The zero-order valence-corrected chi connectivity index (χ0v) is 14.7. The van der Waals surface area contributed by atoms with E-state index in [2.05, 4.69) is 19.9 Å². The van der Waals surface area contributed by atoms with Crippen LogP contribution in [-0.2, 0) is 9.59 Å². The second-order valence-corrected chi connectivity index (χ2v) is 8.75. The number of carbonyl (C=O) groups excluding carboxylic acids is 2. The molecule has 23 heavy (non-hydrogen) atoms. The van der Waals surface area contributed by atoms with Crippen molar-refractivity contribution in [3.8, 4) is 0 Å². The van der Waals surface area contributed by atoms with Gasteiger partial charge in [0.15, 0.2) is 11.6 Å². The molecular formula is C21H28O2. The number of Topliss-reactive ketones (excluding diaryl/α,β-unsaturated/α-hetero) is 1. The summed E-state index contributed by atoms with van der Waals surface area (Å²) in [6.07, 6.45) is 11.1. The number of allylic oxidation sites excluding steroid dienone is 3. The highest BCUT2D eigenvalue weighted by Gasteiger charge is 2.59. The molecule has 0 spiro atoms. The van der Waals surface area contributed by atoms with E-state index in [4.69, 9.17) is 0 Å². The first kappa shape index (κ1) is 15.4. The molecule has 5 atom stereocenters. The molecule has 4 aliphatic rings. The summed E-state index contributed by atoms with van der Waals surface area (Å²) in [5.74, 6) is 2.56. The average molecular weight is 312 g/mol. The van der Waals surface area contributed by atoms with E-state index in [0.717, 1.165) is 31.3 Å². The number of rotatable bonds is 0. The minimum absolute atomic E-state index is 0.106. The fraction of sp³-hybridized carbons (Fsp3) is 0.714. The van der Waals surface area contributed by atoms with Crippen LogP contribution in [0.5, 0.6) is 0 Å². The Kier molecular flexibility index (Phi) is 3.28. The first-order valence-corrected chi connectivity index (χ1v) is 9.34. The fourth-order valence-electron chi connectivity index (χ4n) is 6.71. The molecule has 0 aromatic carbocycles. The molecule has 0 radical (unpaired) electrons. The van der Waals surface area contributed by atoms with Crippen LogP contribution in [0.2, 0.25) is 0 Å². The topological polar surface area (TPSA) is 34.1 Å². The van der Waals surface area contributed by atoms with E-state index in [1.165, 1.54) is 18.4 Å². The largest absolute Gasteiger partial charge is 0.295 e. The Labute approximate surface area is 139 Å². The summed E-state index contributed by atoms with van der Waals surface area (Å²) in [6, 6.07) is 0. The van der Waals surface area contributed by atoms with Crippen molar-refractivity contribution in [3.63, 3.8) is 0 Å². The lowest BCUT2D eigenvalue weighted by Crippen LogP contribution is -2.49. The zero-order valence-electron chi connectivity index (χ0n) is 14.7. The van der Waals surface area contributed by atoms with Crippen LogP contribution >= 0.6 is 0 Å². The van der Waals surface area contributed by atoms with Gasteiger partial charge in [-0.3, -0.25) is 9.59 Å². The lowest BCUT2D eigenvalue weighted by Gasteiger charge is -2.57. The number of ketones is 2. The summed E-state index contributed by atoms with van der Waals surface area (Å²) in [6.45, 7) is 6.77. The molecular weight excluding hydrogens is 284 g/mol. The zero-order chi connectivity index (χ0) is 16.4. The summed E-state index contributed by atoms with van der Waals surface area (Å²) >= 11 is 0. The molecule has 0 aromatic heterocycles. The second kappa shape index (κ2) is 4.91. The highest BCUT2D eigenvalue weighted by atomic mass is 16.1. The molecule has 2 heteroatoms. The van der Waals surface area contributed by atoms with Crippen LogP contribution in [0.15, 0.2) is 23.3 Å². The Morgan fingerprint density at radius 1 is 1.04 bits per heavy atom. The molecule has 0 unspecified atom stereocenters. The van der Waals surface area contributed by atoms with Crippen molar-refractivity contribution in [2.75, 3.05) is 0 Å². The van der Waals surface area contributed by atoms with Crippen molar-refractivity contribution in [1.82, 2.24) is 0 Å². The van der Waals surface area contributed by atoms with Crippen molar-refractivity contribution >= 4 is 11.6 Å². The van der Waals surface area contributed by atoms with Crippen molar-refractivity contribution in [2.24, 2.45) is 28.6 Å². The minimum atomic E-state index is 0.106. The Morgan fingerprint density at radius 2 is 1.83 bits per heavy atom. The van der Waals surface area contributed by atoms with Gasteiger partial charge in [0, 0.05) is 12.8 Å². The van der Waals surface area contributed by atoms with Crippen LogP contribution in [0.1, 0.15) is 65.7 Å². The predicted molar refractivity (Wildman–Crippen MR) is 90.9 cm³/mol. The average Bonchev–Trinajstić information content (AvgIpc) is 2.77. The van der Waals surface area contributed by atoms with E-state index in [-0.39, 0.29) is 10.8 Å². The quantitative estimate of drug-likeness (QED) is 0.610. The maximum Gasteiger partial charge on any atom is 0.159 e. The lowest BCUT2D eigenvalue weighted by molar-refractivity contribution is -0.117. The van der Waals surface area contributed by atoms with Crippen molar-refractivity contribution < 1.29 is 9.59 Å². The van der Waals surface area contributed by atoms with Gasteiger partial charge in [0.2, 0.25) is 0 Å². The summed E-state index contributed by atoms with van der Waals surface area (Å²) < 4.78 is 0.